The van der Waals surface area contributed by atoms with Crippen LogP contribution in [-0.2, 0) is 19.1 Å². The summed E-state index contributed by atoms with van der Waals surface area (Å²) in [4.78, 5) is 37.7. The van der Waals surface area contributed by atoms with Gasteiger partial charge in [-0.1, -0.05) is 29.8 Å². The number of ether oxygens (including phenoxy) is 1. The number of amides is 3. The number of nitrogens with zero attached hydrogens (tertiary/aromatic N) is 1. The highest BCUT2D eigenvalue weighted by atomic mass is 35.5. The maximum atomic E-state index is 12.5. The van der Waals surface area contributed by atoms with Gasteiger partial charge in [-0.25, -0.2) is 0 Å². The average molecular weight is 380 g/mol. The van der Waals surface area contributed by atoms with Crippen molar-refractivity contribution in [3.05, 3.63) is 34.9 Å². The van der Waals surface area contributed by atoms with E-state index in [2.05, 4.69) is 10.6 Å². The molecule has 7 nitrogen and oxygen atoms in total. The molecule has 1 aromatic carbocycles. The first kappa shape index (κ1) is 18.7. The van der Waals surface area contributed by atoms with E-state index >= 15 is 0 Å². The Morgan fingerprint density at radius 2 is 2.15 bits per heavy atom. The molecule has 0 aliphatic carbocycles. The van der Waals surface area contributed by atoms with Gasteiger partial charge in [-0.2, -0.15) is 0 Å². The number of hydrogen-bond donors (Lipinski definition) is 2. The fraction of sp³-hybridized carbons (Fsp3) is 0.500. The molecule has 0 bridgehead atoms. The summed E-state index contributed by atoms with van der Waals surface area (Å²) in [5.74, 6) is -0.414. The lowest BCUT2D eigenvalue weighted by Crippen LogP contribution is -2.52. The number of nitrogens with one attached hydrogen (secondary N) is 2. The predicted molar refractivity (Wildman–Crippen MR) is 95.5 cm³/mol. The molecule has 2 atom stereocenters. The number of rotatable bonds is 6. The first-order valence-corrected chi connectivity index (χ1v) is 9.15. The summed E-state index contributed by atoms with van der Waals surface area (Å²) in [6.45, 7) is 1.70. The van der Waals surface area contributed by atoms with Crippen molar-refractivity contribution in [1.29, 1.82) is 0 Å². The van der Waals surface area contributed by atoms with Crippen molar-refractivity contribution in [3.63, 3.8) is 0 Å². The van der Waals surface area contributed by atoms with E-state index in [0.29, 0.717) is 36.5 Å². The van der Waals surface area contributed by atoms with Crippen LogP contribution in [-0.4, -0.2) is 55.0 Å². The molecule has 3 amide bonds. The van der Waals surface area contributed by atoms with E-state index in [4.69, 9.17) is 16.3 Å². The van der Waals surface area contributed by atoms with Crippen molar-refractivity contribution in [3.8, 4) is 0 Å². The van der Waals surface area contributed by atoms with Gasteiger partial charge in [-0.3, -0.25) is 14.4 Å². The maximum absolute atomic E-state index is 12.5. The summed E-state index contributed by atoms with van der Waals surface area (Å²) in [5.41, 5.74) is 0.644. The second-order valence-electron chi connectivity index (χ2n) is 6.43. The Hall–Kier alpha value is -2.12. The van der Waals surface area contributed by atoms with Crippen LogP contribution in [0.4, 0.5) is 0 Å². The second-order valence-corrected chi connectivity index (χ2v) is 6.83. The molecular weight excluding hydrogens is 358 g/mol. The molecule has 8 heteroatoms. The molecule has 1 aromatic rings. The number of benzene rings is 1. The molecule has 0 saturated carbocycles. The molecule has 2 saturated heterocycles. The Labute approximate surface area is 157 Å². The fourth-order valence-corrected chi connectivity index (χ4v) is 3.52. The summed E-state index contributed by atoms with van der Waals surface area (Å²) in [7, 11) is 0. The highest BCUT2D eigenvalue weighted by Crippen LogP contribution is 2.28. The molecule has 2 N–H and O–H groups in total. The van der Waals surface area contributed by atoms with E-state index < -0.39 is 12.1 Å². The van der Waals surface area contributed by atoms with Crippen molar-refractivity contribution >= 4 is 29.3 Å². The van der Waals surface area contributed by atoms with Gasteiger partial charge in [0.2, 0.25) is 11.8 Å². The lowest BCUT2D eigenvalue weighted by atomic mass is 9.99. The van der Waals surface area contributed by atoms with Crippen molar-refractivity contribution in [2.45, 2.75) is 31.4 Å². The van der Waals surface area contributed by atoms with Crippen LogP contribution in [0.5, 0.6) is 0 Å². The van der Waals surface area contributed by atoms with Crippen LogP contribution in [0.3, 0.4) is 0 Å². The lowest BCUT2D eigenvalue weighted by Gasteiger charge is -2.32. The molecule has 2 fully saturated rings. The van der Waals surface area contributed by atoms with Crippen LogP contribution < -0.4 is 10.6 Å². The van der Waals surface area contributed by atoms with E-state index in [0.717, 1.165) is 13.0 Å². The SMILES string of the molecule is O=C1CO[C@H](C(=O)NCCCN2CCCC2=O)[C@@H](c2ccccc2Cl)N1. The highest BCUT2D eigenvalue weighted by molar-refractivity contribution is 6.31. The minimum atomic E-state index is -0.846. The molecule has 2 aliphatic heterocycles. The summed E-state index contributed by atoms with van der Waals surface area (Å²) in [6.07, 6.45) is 1.34. The molecule has 2 heterocycles. The Balaban J connectivity index is 1.56. The lowest BCUT2D eigenvalue weighted by molar-refractivity contribution is -0.148. The van der Waals surface area contributed by atoms with Gasteiger partial charge in [0.1, 0.15) is 6.61 Å². The summed E-state index contributed by atoms with van der Waals surface area (Å²) < 4.78 is 5.47. The monoisotopic (exact) mass is 379 g/mol. The Morgan fingerprint density at radius 1 is 1.35 bits per heavy atom. The number of carbonyl (C=O) groups excluding carboxylic acids is 3. The minimum Gasteiger partial charge on any atom is -0.356 e. The number of carbonyl (C=O) groups is 3. The van der Waals surface area contributed by atoms with Gasteiger partial charge < -0.3 is 20.3 Å². The molecule has 2 aliphatic rings. The maximum Gasteiger partial charge on any atom is 0.251 e. The first-order valence-electron chi connectivity index (χ1n) is 8.77. The Bertz CT molecular complexity index is 697. The van der Waals surface area contributed by atoms with Gasteiger partial charge in [0, 0.05) is 31.1 Å². The third-order valence-corrected chi connectivity index (χ3v) is 4.93. The van der Waals surface area contributed by atoms with Crippen LogP contribution in [0.25, 0.3) is 0 Å². The standard InChI is InChI=1S/C18H22ClN3O4/c19-13-6-2-1-5-12(13)16-17(26-11-14(23)21-16)18(25)20-8-4-10-22-9-3-7-15(22)24/h1-2,5-6,16-17H,3-4,7-11H2,(H,20,25)(H,21,23)/t16-,17+/m1/s1. The zero-order valence-electron chi connectivity index (χ0n) is 14.4. The van der Waals surface area contributed by atoms with Crippen molar-refractivity contribution in [1.82, 2.24) is 15.5 Å². The van der Waals surface area contributed by atoms with Crippen LogP contribution >= 0.6 is 11.6 Å². The molecule has 0 spiro atoms. The zero-order valence-corrected chi connectivity index (χ0v) is 15.1. The van der Waals surface area contributed by atoms with E-state index in [9.17, 15) is 14.4 Å². The number of likely N-dealkylation sites (tertiary alicyclic amines) is 1. The summed E-state index contributed by atoms with van der Waals surface area (Å²) >= 11 is 6.21. The van der Waals surface area contributed by atoms with Crippen molar-refractivity contribution < 1.29 is 19.1 Å². The number of halogens is 1. The van der Waals surface area contributed by atoms with Crippen LogP contribution in [0.15, 0.2) is 24.3 Å². The molecule has 26 heavy (non-hydrogen) atoms. The van der Waals surface area contributed by atoms with Crippen molar-refractivity contribution in [2.75, 3.05) is 26.2 Å². The second kappa shape index (κ2) is 8.51. The molecule has 0 aromatic heterocycles. The van der Waals surface area contributed by atoms with Gasteiger partial charge in [-0.05, 0) is 24.5 Å². The predicted octanol–water partition coefficient (Wildman–Crippen LogP) is 1.02. The average Bonchev–Trinajstić information content (AvgIpc) is 3.04. The highest BCUT2D eigenvalue weighted by Gasteiger charge is 2.36. The van der Waals surface area contributed by atoms with Gasteiger partial charge in [0.15, 0.2) is 6.10 Å². The smallest absolute Gasteiger partial charge is 0.251 e. The van der Waals surface area contributed by atoms with Gasteiger partial charge in [-0.15, -0.1) is 0 Å². The molecule has 0 radical (unpaired) electrons. The zero-order chi connectivity index (χ0) is 18.5. The number of morpholine rings is 1. The van der Waals surface area contributed by atoms with Crippen molar-refractivity contribution in [2.24, 2.45) is 0 Å². The van der Waals surface area contributed by atoms with Gasteiger partial charge in [0.25, 0.3) is 5.91 Å². The molecule has 0 unspecified atom stereocenters. The third-order valence-electron chi connectivity index (χ3n) is 4.59. The van der Waals surface area contributed by atoms with E-state index in [1.807, 2.05) is 4.90 Å². The Morgan fingerprint density at radius 3 is 2.88 bits per heavy atom. The topological polar surface area (TPSA) is 87.7 Å². The summed E-state index contributed by atoms with van der Waals surface area (Å²) in [5, 5.41) is 6.08. The molecule has 140 valence electrons. The van der Waals surface area contributed by atoms with E-state index in [-0.39, 0.29) is 24.3 Å². The fourth-order valence-electron chi connectivity index (χ4n) is 3.27. The Kier molecular flexibility index (Phi) is 6.11. The van der Waals surface area contributed by atoms with Crippen LogP contribution in [0.2, 0.25) is 5.02 Å². The van der Waals surface area contributed by atoms with Crippen LogP contribution in [0, 0.1) is 0 Å². The first-order chi connectivity index (χ1) is 12.6. The number of hydrogen-bond acceptors (Lipinski definition) is 4. The minimum absolute atomic E-state index is 0.165. The van der Waals surface area contributed by atoms with E-state index in [1.54, 1.807) is 24.3 Å². The summed E-state index contributed by atoms with van der Waals surface area (Å²) in [6, 6.07) is 6.42. The molecular formula is C18H22ClN3O4. The normalized spacial score (nSPS) is 23.0. The molecule has 3 rings (SSSR count). The van der Waals surface area contributed by atoms with Gasteiger partial charge in [0.05, 0.1) is 6.04 Å². The largest absolute Gasteiger partial charge is 0.356 e. The van der Waals surface area contributed by atoms with Crippen LogP contribution in [0.1, 0.15) is 30.9 Å². The third kappa shape index (κ3) is 4.34. The quantitative estimate of drug-likeness (QED) is 0.722. The van der Waals surface area contributed by atoms with Gasteiger partial charge >= 0.3 is 0 Å². The van der Waals surface area contributed by atoms with E-state index in [1.165, 1.54) is 0 Å².